The topological polar surface area (TPSA) is 84.0 Å². The van der Waals surface area contributed by atoms with Crippen molar-refractivity contribution in [3.05, 3.63) is 88.5 Å². The summed E-state index contributed by atoms with van der Waals surface area (Å²) in [5.41, 5.74) is 5.54. The Morgan fingerprint density at radius 1 is 1.06 bits per heavy atom. The summed E-state index contributed by atoms with van der Waals surface area (Å²) in [6.07, 6.45) is 5.01. The van der Waals surface area contributed by atoms with Crippen molar-refractivity contribution < 1.29 is 14.0 Å². The van der Waals surface area contributed by atoms with Gasteiger partial charge in [-0.3, -0.25) is 19.0 Å². The third-order valence-corrected chi connectivity index (χ3v) is 7.01. The summed E-state index contributed by atoms with van der Waals surface area (Å²) < 4.78 is 7.30. The van der Waals surface area contributed by atoms with Crippen molar-refractivity contribution >= 4 is 17.5 Å². The lowest BCUT2D eigenvalue weighted by Gasteiger charge is -2.32. The molecule has 8 heteroatoms. The zero-order valence-electron chi connectivity index (χ0n) is 21.2. The number of rotatable bonds is 5. The molecule has 2 amide bonds. The Balaban J connectivity index is 1.33. The Bertz CT molecular complexity index is 1410. The van der Waals surface area contributed by atoms with Gasteiger partial charge in [0.2, 0.25) is 0 Å². The predicted octanol–water partition coefficient (Wildman–Crippen LogP) is 4.54. The number of hydrogen-bond acceptors (Lipinski definition) is 5. The van der Waals surface area contributed by atoms with Crippen LogP contribution in [0, 0.1) is 20.8 Å². The zero-order chi connectivity index (χ0) is 25.4. The van der Waals surface area contributed by atoms with Crippen molar-refractivity contribution in [2.24, 2.45) is 0 Å². The van der Waals surface area contributed by atoms with Gasteiger partial charge in [0.25, 0.3) is 11.8 Å². The van der Waals surface area contributed by atoms with Gasteiger partial charge in [0.05, 0.1) is 29.8 Å². The Labute approximate surface area is 210 Å². The predicted molar refractivity (Wildman–Crippen MR) is 136 cm³/mol. The lowest BCUT2D eigenvalue weighted by Crippen LogP contribution is -2.39. The van der Waals surface area contributed by atoms with Gasteiger partial charge in [-0.25, -0.2) is 4.98 Å². The van der Waals surface area contributed by atoms with Crippen LogP contribution in [0.4, 0.5) is 0 Å². The second kappa shape index (κ2) is 9.60. The fraction of sp³-hybridized carbons (Fsp3) is 0.357. The van der Waals surface area contributed by atoms with E-state index in [1.807, 2.05) is 72.7 Å². The van der Waals surface area contributed by atoms with Crippen LogP contribution < -0.4 is 0 Å². The van der Waals surface area contributed by atoms with Crippen molar-refractivity contribution in [1.29, 1.82) is 0 Å². The standard InChI is InChI=1S/C28H31N5O3/c1-18-7-5-13-33-25(20(3)30-26(18)33)28(35)32-14-11-21(12-15-32)24-23(10-9-19(2)29-24)27(34)31(4)17-22-8-6-16-36-22/h5-10,13,16,21H,11-12,14-15,17H2,1-4H3. The highest BCUT2D eigenvalue weighted by Crippen LogP contribution is 2.31. The van der Waals surface area contributed by atoms with Gasteiger partial charge in [-0.15, -0.1) is 0 Å². The van der Waals surface area contributed by atoms with E-state index >= 15 is 0 Å². The SMILES string of the molecule is Cc1ccc(C(=O)N(C)Cc2ccco2)c(C2CCN(C(=O)c3c(C)nc4c(C)cccn34)CC2)n1. The molecule has 1 fully saturated rings. The van der Waals surface area contributed by atoms with Gasteiger partial charge in [0.1, 0.15) is 17.1 Å². The molecule has 5 rings (SSSR count). The van der Waals surface area contributed by atoms with E-state index in [0.29, 0.717) is 30.9 Å². The van der Waals surface area contributed by atoms with E-state index in [1.54, 1.807) is 18.2 Å². The molecule has 0 aliphatic carbocycles. The monoisotopic (exact) mass is 485 g/mol. The molecule has 1 aliphatic rings. The van der Waals surface area contributed by atoms with E-state index in [9.17, 15) is 9.59 Å². The van der Waals surface area contributed by atoms with E-state index < -0.39 is 0 Å². The van der Waals surface area contributed by atoms with Crippen molar-refractivity contribution in [3.63, 3.8) is 0 Å². The molecule has 0 bridgehead atoms. The Morgan fingerprint density at radius 3 is 2.56 bits per heavy atom. The van der Waals surface area contributed by atoms with Crippen LogP contribution in [-0.4, -0.2) is 56.1 Å². The van der Waals surface area contributed by atoms with Gasteiger partial charge in [-0.1, -0.05) is 6.07 Å². The van der Waals surface area contributed by atoms with Gasteiger partial charge in [0, 0.05) is 37.9 Å². The third-order valence-electron chi connectivity index (χ3n) is 7.01. The number of carbonyl (C=O) groups is 2. The molecule has 5 heterocycles. The maximum atomic E-state index is 13.5. The van der Waals surface area contributed by atoms with Crippen molar-refractivity contribution in [2.75, 3.05) is 20.1 Å². The first kappa shape index (κ1) is 23.8. The normalized spacial score (nSPS) is 14.4. The summed E-state index contributed by atoms with van der Waals surface area (Å²) in [5, 5.41) is 0. The largest absolute Gasteiger partial charge is 0.467 e. The first-order valence-electron chi connectivity index (χ1n) is 12.3. The Hall–Kier alpha value is -3.94. The van der Waals surface area contributed by atoms with Crippen LogP contribution in [-0.2, 0) is 6.54 Å². The molecule has 0 saturated carbocycles. The van der Waals surface area contributed by atoms with Gasteiger partial charge in [0.15, 0.2) is 0 Å². The maximum absolute atomic E-state index is 13.5. The number of aryl methyl sites for hydroxylation is 3. The molecule has 4 aromatic rings. The average Bonchev–Trinajstić information content (AvgIpc) is 3.51. The molecular formula is C28H31N5O3. The molecule has 0 spiro atoms. The van der Waals surface area contributed by atoms with E-state index in [4.69, 9.17) is 9.40 Å². The van der Waals surface area contributed by atoms with Crippen LogP contribution in [0.25, 0.3) is 5.65 Å². The maximum Gasteiger partial charge on any atom is 0.272 e. The molecule has 0 N–H and O–H groups in total. The molecular weight excluding hydrogens is 454 g/mol. The van der Waals surface area contributed by atoms with Crippen LogP contribution in [0.5, 0.6) is 0 Å². The first-order chi connectivity index (χ1) is 17.3. The van der Waals surface area contributed by atoms with Gasteiger partial charge in [-0.2, -0.15) is 0 Å². The van der Waals surface area contributed by atoms with Crippen molar-refractivity contribution in [3.8, 4) is 0 Å². The molecule has 36 heavy (non-hydrogen) atoms. The molecule has 0 radical (unpaired) electrons. The molecule has 0 unspecified atom stereocenters. The van der Waals surface area contributed by atoms with E-state index in [0.717, 1.165) is 46.9 Å². The number of aromatic nitrogens is 3. The minimum absolute atomic E-state index is 0.00395. The lowest BCUT2D eigenvalue weighted by atomic mass is 9.89. The fourth-order valence-corrected chi connectivity index (χ4v) is 5.06. The zero-order valence-corrected chi connectivity index (χ0v) is 21.2. The molecule has 0 aromatic carbocycles. The number of fused-ring (bicyclic) bond motifs is 1. The molecule has 8 nitrogen and oxygen atoms in total. The molecule has 1 aliphatic heterocycles. The smallest absolute Gasteiger partial charge is 0.272 e. The number of amides is 2. The molecule has 0 atom stereocenters. The van der Waals surface area contributed by atoms with Crippen LogP contribution in [0.15, 0.2) is 53.3 Å². The quantitative estimate of drug-likeness (QED) is 0.414. The van der Waals surface area contributed by atoms with E-state index in [-0.39, 0.29) is 17.7 Å². The molecule has 1 saturated heterocycles. The van der Waals surface area contributed by atoms with Crippen molar-refractivity contribution in [1.82, 2.24) is 24.2 Å². The average molecular weight is 486 g/mol. The van der Waals surface area contributed by atoms with Gasteiger partial charge < -0.3 is 14.2 Å². The summed E-state index contributed by atoms with van der Waals surface area (Å²) in [6.45, 7) is 7.44. The summed E-state index contributed by atoms with van der Waals surface area (Å²) >= 11 is 0. The van der Waals surface area contributed by atoms with Crippen molar-refractivity contribution in [2.45, 2.75) is 46.1 Å². The minimum Gasteiger partial charge on any atom is -0.467 e. The number of hydrogen-bond donors (Lipinski definition) is 0. The lowest BCUT2D eigenvalue weighted by molar-refractivity contribution is 0.0699. The number of carbonyl (C=O) groups excluding carboxylic acids is 2. The third kappa shape index (κ3) is 4.39. The highest BCUT2D eigenvalue weighted by Gasteiger charge is 2.31. The number of imidazole rings is 1. The van der Waals surface area contributed by atoms with Crippen LogP contribution in [0.1, 0.15) is 68.0 Å². The fourth-order valence-electron chi connectivity index (χ4n) is 5.06. The van der Waals surface area contributed by atoms with Crippen LogP contribution >= 0.6 is 0 Å². The molecule has 186 valence electrons. The Morgan fingerprint density at radius 2 is 1.83 bits per heavy atom. The Kier molecular flexibility index (Phi) is 6.35. The second-order valence-corrected chi connectivity index (χ2v) is 9.62. The highest BCUT2D eigenvalue weighted by atomic mass is 16.3. The number of pyridine rings is 2. The summed E-state index contributed by atoms with van der Waals surface area (Å²) in [4.78, 5) is 39.8. The highest BCUT2D eigenvalue weighted by molar-refractivity contribution is 5.96. The summed E-state index contributed by atoms with van der Waals surface area (Å²) in [6, 6.07) is 11.4. The summed E-state index contributed by atoms with van der Waals surface area (Å²) in [7, 11) is 1.77. The van der Waals surface area contributed by atoms with Crippen LogP contribution in [0.3, 0.4) is 0 Å². The van der Waals surface area contributed by atoms with Gasteiger partial charge >= 0.3 is 0 Å². The minimum atomic E-state index is -0.0795. The van der Waals surface area contributed by atoms with E-state index in [2.05, 4.69) is 4.98 Å². The van der Waals surface area contributed by atoms with Crippen LogP contribution in [0.2, 0.25) is 0 Å². The molecule has 4 aromatic heterocycles. The number of furan rings is 1. The van der Waals surface area contributed by atoms with Gasteiger partial charge in [-0.05, 0) is 69.5 Å². The number of likely N-dealkylation sites (tertiary alicyclic amines) is 1. The number of piperidine rings is 1. The second-order valence-electron chi connectivity index (χ2n) is 9.62. The number of nitrogens with zero attached hydrogens (tertiary/aromatic N) is 5. The first-order valence-corrected chi connectivity index (χ1v) is 12.3. The van der Waals surface area contributed by atoms with E-state index in [1.165, 1.54) is 0 Å². The summed E-state index contributed by atoms with van der Waals surface area (Å²) in [5.74, 6) is 0.757.